The zero-order chi connectivity index (χ0) is 19.6. The number of fused-ring (bicyclic) bond motifs is 1. The number of aromatic amines is 2. The van der Waals surface area contributed by atoms with E-state index in [1.165, 1.54) is 18.2 Å². The maximum Gasteiger partial charge on any atom is 0.314 e. The van der Waals surface area contributed by atoms with Gasteiger partial charge in [-0.2, -0.15) is 0 Å². The van der Waals surface area contributed by atoms with Crippen LogP contribution in [0.5, 0.6) is 0 Å². The molecule has 3 rings (SSSR count). The largest absolute Gasteiger partial charge is 0.352 e. The molecule has 0 radical (unpaired) electrons. The third-order valence-corrected chi connectivity index (χ3v) is 4.35. The highest BCUT2D eigenvalue weighted by molar-refractivity contribution is 9.10. The molecular weight excluding hydrogens is 420 g/mol. The number of halogens is 1. The number of hydrogen-bond donors (Lipinski definition) is 3. The zero-order valence-electron chi connectivity index (χ0n) is 13.7. The van der Waals surface area contributed by atoms with Crippen LogP contribution in [0, 0.1) is 10.1 Å². The van der Waals surface area contributed by atoms with E-state index in [2.05, 4.69) is 31.2 Å². The van der Waals surface area contributed by atoms with E-state index in [1.54, 1.807) is 18.2 Å². The molecule has 0 fully saturated rings. The molecule has 0 aliphatic carbocycles. The van der Waals surface area contributed by atoms with Gasteiger partial charge in [-0.3, -0.25) is 24.5 Å². The van der Waals surface area contributed by atoms with Crippen molar-refractivity contribution in [3.63, 3.8) is 0 Å². The monoisotopic (exact) mass is 432 g/mol. The van der Waals surface area contributed by atoms with Crippen LogP contribution in [0.2, 0.25) is 0 Å². The summed E-state index contributed by atoms with van der Waals surface area (Å²) in [6.07, 6.45) is -0.156. The number of hydrogen-bond acceptors (Lipinski definition) is 5. The standard InChI is InChI=1S/C17H13BrN4O5/c18-11-5-10(15-12(7-11)20-16(24)17(25)21-15)8-19-14(23)6-9-3-1-2-4-13(9)22(26)27/h1-5,7H,6,8H2,(H,19,23)(H,20,24)(H,21,25). The van der Waals surface area contributed by atoms with Crippen LogP contribution in [0.3, 0.4) is 0 Å². The molecular formula is C17H13BrN4O5. The first-order valence-electron chi connectivity index (χ1n) is 7.79. The van der Waals surface area contributed by atoms with Gasteiger partial charge in [0.2, 0.25) is 5.91 Å². The molecule has 3 N–H and O–H groups in total. The average molecular weight is 433 g/mol. The Morgan fingerprint density at radius 2 is 1.81 bits per heavy atom. The van der Waals surface area contributed by atoms with E-state index in [0.717, 1.165) is 0 Å². The Labute approximate surface area is 159 Å². The quantitative estimate of drug-likeness (QED) is 0.320. The van der Waals surface area contributed by atoms with E-state index >= 15 is 0 Å². The van der Waals surface area contributed by atoms with Crippen molar-refractivity contribution in [1.82, 2.24) is 15.3 Å². The normalized spacial score (nSPS) is 10.7. The number of carbonyl (C=O) groups excluding carboxylic acids is 1. The number of nitrogens with one attached hydrogen (secondary N) is 3. The molecule has 0 aliphatic rings. The third kappa shape index (κ3) is 4.11. The number of benzene rings is 2. The fourth-order valence-corrected chi connectivity index (χ4v) is 3.17. The zero-order valence-corrected chi connectivity index (χ0v) is 15.3. The molecule has 0 bridgehead atoms. The molecule has 138 valence electrons. The second kappa shape index (κ2) is 7.54. The maximum absolute atomic E-state index is 12.2. The molecule has 1 amide bonds. The Bertz CT molecular complexity index is 1170. The summed E-state index contributed by atoms with van der Waals surface area (Å²) in [6.45, 7) is 0.0669. The molecule has 0 aliphatic heterocycles. The van der Waals surface area contributed by atoms with Gasteiger partial charge in [0, 0.05) is 22.6 Å². The van der Waals surface area contributed by atoms with Crippen molar-refractivity contribution in [2.45, 2.75) is 13.0 Å². The van der Waals surface area contributed by atoms with Crippen molar-refractivity contribution in [3.8, 4) is 0 Å². The van der Waals surface area contributed by atoms with Gasteiger partial charge in [0.25, 0.3) is 5.69 Å². The van der Waals surface area contributed by atoms with Crippen LogP contribution in [-0.4, -0.2) is 20.8 Å². The highest BCUT2D eigenvalue weighted by atomic mass is 79.9. The summed E-state index contributed by atoms with van der Waals surface area (Å²) in [5, 5.41) is 13.7. The number of rotatable bonds is 5. The summed E-state index contributed by atoms with van der Waals surface area (Å²) in [5.41, 5.74) is -0.00192. The van der Waals surface area contributed by atoms with Gasteiger partial charge < -0.3 is 15.3 Å². The van der Waals surface area contributed by atoms with E-state index < -0.39 is 21.9 Å². The van der Waals surface area contributed by atoms with E-state index in [9.17, 15) is 24.5 Å². The number of nitro groups is 1. The second-order valence-electron chi connectivity index (χ2n) is 5.74. The minimum absolute atomic E-state index is 0.0669. The van der Waals surface area contributed by atoms with Gasteiger partial charge >= 0.3 is 11.1 Å². The first kappa shape index (κ1) is 18.5. The Kier molecular flexibility index (Phi) is 5.17. The van der Waals surface area contributed by atoms with Crippen LogP contribution >= 0.6 is 15.9 Å². The number of H-pyrrole nitrogens is 2. The van der Waals surface area contributed by atoms with Crippen molar-refractivity contribution in [3.05, 3.63) is 82.8 Å². The Morgan fingerprint density at radius 3 is 2.56 bits per heavy atom. The Hall–Kier alpha value is -3.27. The van der Waals surface area contributed by atoms with E-state index in [-0.39, 0.29) is 18.7 Å². The lowest BCUT2D eigenvalue weighted by Crippen LogP contribution is -2.30. The van der Waals surface area contributed by atoms with Crippen LogP contribution in [0.1, 0.15) is 11.1 Å². The molecule has 0 unspecified atom stereocenters. The first-order chi connectivity index (χ1) is 12.8. The van der Waals surface area contributed by atoms with Gasteiger partial charge in [0.1, 0.15) is 0 Å². The Morgan fingerprint density at radius 1 is 1.11 bits per heavy atom. The molecule has 2 aromatic carbocycles. The highest BCUT2D eigenvalue weighted by Gasteiger charge is 2.16. The lowest BCUT2D eigenvalue weighted by Gasteiger charge is -2.09. The molecule has 0 atom stereocenters. The molecule has 0 saturated carbocycles. The van der Waals surface area contributed by atoms with Crippen LogP contribution in [0.4, 0.5) is 5.69 Å². The minimum atomic E-state index is -0.794. The summed E-state index contributed by atoms with van der Waals surface area (Å²) in [7, 11) is 0. The fourth-order valence-electron chi connectivity index (χ4n) is 2.67. The summed E-state index contributed by atoms with van der Waals surface area (Å²) >= 11 is 3.31. The van der Waals surface area contributed by atoms with Crippen molar-refractivity contribution in [1.29, 1.82) is 0 Å². The third-order valence-electron chi connectivity index (χ3n) is 3.89. The van der Waals surface area contributed by atoms with Gasteiger partial charge in [-0.05, 0) is 17.7 Å². The van der Waals surface area contributed by atoms with Crippen LogP contribution in [0.15, 0.2) is 50.5 Å². The highest BCUT2D eigenvalue weighted by Crippen LogP contribution is 2.21. The number of carbonyl (C=O) groups is 1. The maximum atomic E-state index is 12.2. The van der Waals surface area contributed by atoms with Gasteiger partial charge in [0.05, 0.1) is 22.4 Å². The summed E-state index contributed by atoms with van der Waals surface area (Å²) < 4.78 is 0.653. The van der Waals surface area contributed by atoms with E-state index in [0.29, 0.717) is 26.6 Å². The minimum Gasteiger partial charge on any atom is -0.352 e. The summed E-state index contributed by atoms with van der Waals surface area (Å²) in [6, 6.07) is 9.34. The van der Waals surface area contributed by atoms with Crippen molar-refractivity contribution >= 4 is 38.6 Å². The molecule has 27 heavy (non-hydrogen) atoms. The predicted octanol–water partition coefficient (Wildman–Crippen LogP) is 1.75. The lowest BCUT2D eigenvalue weighted by molar-refractivity contribution is -0.385. The molecule has 9 nitrogen and oxygen atoms in total. The van der Waals surface area contributed by atoms with Crippen molar-refractivity contribution < 1.29 is 9.72 Å². The lowest BCUT2D eigenvalue weighted by atomic mass is 10.1. The second-order valence-corrected chi connectivity index (χ2v) is 6.65. The molecule has 0 spiro atoms. The van der Waals surface area contributed by atoms with Crippen molar-refractivity contribution in [2.24, 2.45) is 0 Å². The van der Waals surface area contributed by atoms with E-state index in [1.807, 2.05) is 0 Å². The number of amides is 1. The summed E-state index contributed by atoms with van der Waals surface area (Å²) in [4.78, 5) is 50.7. The molecule has 1 heterocycles. The predicted molar refractivity (Wildman–Crippen MR) is 102 cm³/mol. The van der Waals surface area contributed by atoms with Crippen LogP contribution < -0.4 is 16.4 Å². The molecule has 1 aromatic heterocycles. The first-order valence-corrected chi connectivity index (χ1v) is 8.58. The number of nitro benzene ring substituents is 1. The van der Waals surface area contributed by atoms with Crippen LogP contribution in [-0.2, 0) is 17.8 Å². The van der Waals surface area contributed by atoms with Gasteiger partial charge in [-0.25, -0.2) is 0 Å². The van der Waals surface area contributed by atoms with Crippen LogP contribution in [0.25, 0.3) is 11.0 Å². The van der Waals surface area contributed by atoms with Gasteiger partial charge in [0.15, 0.2) is 0 Å². The SMILES string of the molecule is O=C(Cc1ccccc1[N+](=O)[O-])NCc1cc(Br)cc2[nH]c(=O)c(=O)[nH]c12. The molecule has 10 heteroatoms. The fraction of sp³-hybridized carbons (Fsp3) is 0.118. The molecule has 0 saturated heterocycles. The molecule has 3 aromatic rings. The smallest absolute Gasteiger partial charge is 0.314 e. The van der Waals surface area contributed by atoms with Crippen molar-refractivity contribution in [2.75, 3.05) is 0 Å². The van der Waals surface area contributed by atoms with Gasteiger partial charge in [-0.15, -0.1) is 0 Å². The number of para-hydroxylation sites is 1. The summed E-state index contributed by atoms with van der Waals surface area (Å²) in [5.74, 6) is -0.413. The van der Waals surface area contributed by atoms with E-state index in [4.69, 9.17) is 0 Å². The average Bonchev–Trinajstić information content (AvgIpc) is 2.61. The number of nitrogens with zero attached hydrogens (tertiary/aromatic N) is 1. The number of aromatic nitrogens is 2. The Balaban J connectivity index is 1.82. The van der Waals surface area contributed by atoms with Gasteiger partial charge in [-0.1, -0.05) is 34.1 Å². The topological polar surface area (TPSA) is 138 Å².